The Morgan fingerprint density at radius 1 is 1.05 bits per heavy atom. The van der Waals surface area contributed by atoms with Crippen molar-refractivity contribution >= 4 is 11.7 Å². The highest BCUT2D eigenvalue weighted by Crippen LogP contribution is 2.23. The number of carbonyl (C=O) groups is 1. The van der Waals surface area contributed by atoms with Crippen molar-refractivity contribution in [3.63, 3.8) is 0 Å². The zero-order valence-electron chi connectivity index (χ0n) is 13.0. The zero-order valence-corrected chi connectivity index (χ0v) is 13.0. The number of anilines is 1. The number of nitrogens with zero attached hydrogens (tertiary/aromatic N) is 1. The Kier molecular flexibility index (Phi) is 4.32. The third-order valence-corrected chi connectivity index (χ3v) is 3.76. The monoisotopic (exact) mass is 283 g/mol. The summed E-state index contributed by atoms with van der Waals surface area (Å²) in [6, 6.07) is 11.7. The van der Waals surface area contributed by atoms with E-state index in [0.29, 0.717) is 5.56 Å². The van der Waals surface area contributed by atoms with Crippen LogP contribution in [-0.4, -0.2) is 18.1 Å². The molecule has 0 saturated carbocycles. The van der Waals surface area contributed by atoms with Gasteiger partial charge < -0.3 is 10.0 Å². The Bertz CT molecular complexity index is 677. The summed E-state index contributed by atoms with van der Waals surface area (Å²) in [6.07, 6.45) is 0. The van der Waals surface area contributed by atoms with Crippen LogP contribution in [0.1, 0.15) is 32.6 Å². The second kappa shape index (κ2) is 6.00. The lowest BCUT2D eigenvalue weighted by atomic mass is 10.0. The van der Waals surface area contributed by atoms with Gasteiger partial charge in [0, 0.05) is 19.3 Å². The first-order valence-corrected chi connectivity index (χ1v) is 6.99. The number of hydrogen-bond donors (Lipinski definition) is 1. The molecule has 2 aromatic carbocycles. The highest BCUT2D eigenvalue weighted by Gasteiger charge is 2.09. The first-order valence-electron chi connectivity index (χ1n) is 6.99. The molecule has 0 heterocycles. The lowest BCUT2D eigenvalue weighted by molar-refractivity contribution is 0.0697. The second-order valence-corrected chi connectivity index (χ2v) is 5.59. The summed E-state index contributed by atoms with van der Waals surface area (Å²) < 4.78 is 0. The molecular formula is C18H21NO2. The highest BCUT2D eigenvalue weighted by atomic mass is 16.4. The van der Waals surface area contributed by atoms with Crippen LogP contribution in [0.3, 0.4) is 0 Å². The molecule has 0 unspecified atom stereocenters. The van der Waals surface area contributed by atoms with Crippen LogP contribution < -0.4 is 4.90 Å². The van der Waals surface area contributed by atoms with Crippen LogP contribution >= 0.6 is 0 Å². The molecule has 1 N–H and O–H groups in total. The minimum atomic E-state index is -0.882. The molecule has 0 saturated heterocycles. The molecule has 0 bridgehead atoms. The molecule has 0 aliphatic heterocycles. The van der Waals surface area contributed by atoms with Gasteiger partial charge in [-0.15, -0.1) is 0 Å². The van der Waals surface area contributed by atoms with Crippen LogP contribution in [0.2, 0.25) is 0 Å². The van der Waals surface area contributed by atoms with Crippen LogP contribution in [0.4, 0.5) is 5.69 Å². The summed E-state index contributed by atoms with van der Waals surface area (Å²) in [7, 11) is 2.06. The molecule has 0 aromatic heterocycles. The van der Waals surface area contributed by atoms with E-state index in [2.05, 4.69) is 44.0 Å². The third-order valence-electron chi connectivity index (χ3n) is 3.76. The molecule has 0 aliphatic carbocycles. The topological polar surface area (TPSA) is 40.5 Å². The maximum absolute atomic E-state index is 11.0. The molecule has 3 heteroatoms. The smallest absolute Gasteiger partial charge is 0.335 e. The van der Waals surface area contributed by atoms with E-state index in [4.69, 9.17) is 5.11 Å². The van der Waals surface area contributed by atoms with Crippen LogP contribution in [0, 0.1) is 20.8 Å². The first kappa shape index (κ1) is 15.1. The maximum atomic E-state index is 11.0. The summed E-state index contributed by atoms with van der Waals surface area (Å²) in [6.45, 7) is 6.91. The Balaban J connectivity index is 2.23. The first-order chi connectivity index (χ1) is 9.88. The molecule has 3 nitrogen and oxygen atoms in total. The van der Waals surface area contributed by atoms with Crippen molar-refractivity contribution in [3.05, 3.63) is 64.2 Å². The van der Waals surface area contributed by atoms with Crippen molar-refractivity contribution in [3.8, 4) is 0 Å². The van der Waals surface area contributed by atoms with Gasteiger partial charge >= 0.3 is 5.97 Å². The van der Waals surface area contributed by atoms with E-state index in [9.17, 15) is 4.79 Å². The third kappa shape index (κ3) is 3.43. The summed E-state index contributed by atoms with van der Waals surface area (Å²) in [5.41, 5.74) is 6.19. The molecule has 2 rings (SSSR count). The quantitative estimate of drug-likeness (QED) is 0.923. The lowest BCUT2D eigenvalue weighted by Gasteiger charge is -2.23. The minimum Gasteiger partial charge on any atom is -0.478 e. The van der Waals surface area contributed by atoms with Gasteiger partial charge in [0.25, 0.3) is 0 Å². The van der Waals surface area contributed by atoms with E-state index in [0.717, 1.165) is 17.7 Å². The maximum Gasteiger partial charge on any atom is 0.335 e. The highest BCUT2D eigenvalue weighted by molar-refractivity contribution is 5.87. The van der Waals surface area contributed by atoms with Crippen LogP contribution in [-0.2, 0) is 6.54 Å². The SMILES string of the molecule is Cc1ccc(N(C)Cc2ccc(C(=O)O)cc2C)c(C)c1. The number of aromatic carboxylic acids is 1. The fourth-order valence-corrected chi connectivity index (χ4v) is 2.58. The predicted molar refractivity (Wildman–Crippen MR) is 86.2 cm³/mol. The fourth-order valence-electron chi connectivity index (χ4n) is 2.58. The number of benzene rings is 2. The Morgan fingerprint density at radius 2 is 1.76 bits per heavy atom. The predicted octanol–water partition coefficient (Wildman–Crippen LogP) is 3.95. The van der Waals surface area contributed by atoms with E-state index in [-0.39, 0.29) is 0 Å². The number of carboxylic acids is 1. The molecule has 21 heavy (non-hydrogen) atoms. The van der Waals surface area contributed by atoms with Crippen molar-refractivity contribution in [1.29, 1.82) is 0 Å². The van der Waals surface area contributed by atoms with Crippen molar-refractivity contribution in [2.75, 3.05) is 11.9 Å². The van der Waals surface area contributed by atoms with Gasteiger partial charge in [0.1, 0.15) is 0 Å². The van der Waals surface area contributed by atoms with Gasteiger partial charge in [-0.3, -0.25) is 0 Å². The Morgan fingerprint density at radius 3 is 2.33 bits per heavy atom. The van der Waals surface area contributed by atoms with Crippen molar-refractivity contribution in [2.24, 2.45) is 0 Å². The molecule has 0 aliphatic rings. The Labute approximate surface area is 125 Å². The molecule has 0 spiro atoms. The molecule has 2 aromatic rings. The van der Waals surface area contributed by atoms with Crippen LogP contribution in [0.5, 0.6) is 0 Å². The zero-order chi connectivity index (χ0) is 15.6. The van der Waals surface area contributed by atoms with Gasteiger partial charge in [0.15, 0.2) is 0 Å². The minimum absolute atomic E-state index is 0.338. The number of hydrogen-bond acceptors (Lipinski definition) is 2. The van der Waals surface area contributed by atoms with E-state index < -0.39 is 5.97 Å². The van der Waals surface area contributed by atoms with E-state index >= 15 is 0 Å². The van der Waals surface area contributed by atoms with E-state index in [1.54, 1.807) is 12.1 Å². The van der Waals surface area contributed by atoms with Crippen LogP contribution in [0.25, 0.3) is 0 Å². The van der Waals surface area contributed by atoms with Gasteiger partial charge in [0.05, 0.1) is 5.56 Å². The van der Waals surface area contributed by atoms with Crippen molar-refractivity contribution < 1.29 is 9.90 Å². The summed E-state index contributed by atoms with van der Waals surface area (Å²) in [4.78, 5) is 13.2. The van der Waals surface area contributed by atoms with Gasteiger partial charge in [-0.25, -0.2) is 4.79 Å². The van der Waals surface area contributed by atoms with Crippen molar-refractivity contribution in [2.45, 2.75) is 27.3 Å². The molecule has 0 fully saturated rings. The van der Waals surface area contributed by atoms with E-state index in [1.165, 1.54) is 16.8 Å². The summed E-state index contributed by atoms with van der Waals surface area (Å²) in [5.74, 6) is -0.882. The van der Waals surface area contributed by atoms with E-state index in [1.807, 2.05) is 13.0 Å². The number of rotatable bonds is 4. The molecule has 0 atom stereocenters. The van der Waals surface area contributed by atoms with Crippen molar-refractivity contribution in [1.82, 2.24) is 0 Å². The average Bonchev–Trinajstić information content (AvgIpc) is 2.40. The largest absolute Gasteiger partial charge is 0.478 e. The van der Waals surface area contributed by atoms with Gasteiger partial charge in [-0.2, -0.15) is 0 Å². The van der Waals surface area contributed by atoms with Crippen LogP contribution in [0.15, 0.2) is 36.4 Å². The van der Waals surface area contributed by atoms with Gasteiger partial charge in [0.2, 0.25) is 0 Å². The molecule has 0 radical (unpaired) electrons. The summed E-state index contributed by atoms with van der Waals surface area (Å²) in [5, 5.41) is 9.01. The van der Waals surface area contributed by atoms with Gasteiger partial charge in [-0.05, 0) is 55.7 Å². The molecular weight excluding hydrogens is 262 g/mol. The van der Waals surface area contributed by atoms with Gasteiger partial charge in [-0.1, -0.05) is 23.8 Å². The normalized spacial score (nSPS) is 10.5. The number of carboxylic acid groups (broad SMARTS) is 1. The fraction of sp³-hybridized carbons (Fsp3) is 0.278. The molecule has 0 amide bonds. The summed E-state index contributed by atoms with van der Waals surface area (Å²) >= 11 is 0. The molecule has 110 valence electrons. The Hall–Kier alpha value is -2.29. The standard InChI is InChI=1S/C18H21NO2/c1-12-5-8-17(14(3)9-12)19(4)11-16-7-6-15(18(20)21)10-13(16)2/h5-10H,11H2,1-4H3,(H,20,21). The number of aryl methyl sites for hydroxylation is 3. The average molecular weight is 283 g/mol. The second-order valence-electron chi connectivity index (χ2n) is 5.59. The lowest BCUT2D eigenvalue weighted by Crippen LogP contribution is -2.18.